The van der Waals surface area contributed by atoms with Crippen molar-refractivity contribution in [2.45, 2.75) is 44.9 Å². The van der Waals surface area contributed by atoms with Gasteiger partial charge in [0.05, 0.1) is 19.2 Å². The van der Waals surface area contributed by atoms with Gasteiger partial charge in [-0.05, 0) is 26.2 Å². The number of carbonyl (C=O) groups excluding carboxylic acids is 3. The van der Waals surface area contributed by atoms with Gasteiger partial charge in [0.15, 0.2) is 0 Å². The third-order valence-corrected chi connectivity index (χ3v) is 5.19. The summed E-state index contributed by atoms with van der Waals surface area (Å²) in [5, 5.41) is 9.61. The third kappa shape index (κ3) is 7.51. The molecule has 2 aromatic rings. The molecule has 3 rings (SSSR count). The normalized spacial score (nSPS) is 17.5. The number of nitrogens with zero attached hydrogens (tertiary/aromatic N) is 5. The predicted octanol–water partition coefficient (Wildman–Crippen LogP) is 1.27. The fourth-order valence-corrected chi connectivity index (χ4v) is 3.48. The lowest BCUT2D eigenvalue weighted by molar-refractivity contribution is -0.142. The van der Waals surface area contributed by atoms with E-state index in [0.29, 0.717) is 62.9 Å². The van der Waals surface area contributed by atoms with Gasteiger partial charge in [0.2, 0.25) is 17.6 Å². The summed E-state index contributed by atoms with van der Waals surface area (Å²) in [4.78, 5) is 50.5. The second-order valence-corrected chi connectivity index (χ2v) is 7.55. The summed E-state index contributed by atoms with van der Waals surface area (Å²) in [6, 6.07) is -0.314. The molecule has 2 N–H and O–H groups in total. The Morgan fingerprint density at radius 2 is 2.18 bits per heavy atom. The molecular weight excluding hydrogens is 430 g/mol. The second-order valence-electron chi connectivity index (χ2n) is 7.55. The van der Waals surface area contributed by atoms with Crippen LogP contribution in [0.25, 0.3) is 11.5 Å². The van der Waals surface area contributed by atoms with Crippen molar-refractivity contribution >= 4 is 17.9 Å². The van der Waals surface area contributed by atoms with Crippen molar-refractivity contribution in [2.75, 3.05) is 32.8 Å². The van der Waals surface area contributed by atoms with Gasteiger partial charge in [0.1, 0.15) is 5.69 Å². The van der Waals surface area contributed by atoms with E-state index in [4.69, 9.17) is 9.26 Å². The maximum Gasteiger partial charge on any atom is 0.317 e. The first-order chi connectivity index (χ1) is 16.1. The van der Waals surface area contributed by atoms with Crippen LogP contribution in [0.3, 0.4) is 0 Å². The van der Waals surface area contributed by atoms with Crippen molar-refractivity contribution in [3.63, 3.8) is 0 Å². The number of aromatic nitrogens is 4. The van der Waals surface area contributed by atoms with Gasteiger partial charge in [-0.15, -0.1) is 0 Å². The average Bonchev–Trinajstić information content (AvgIpc) is 3.29. The van der Waals surface area contributed by atoms with Gasteiger partial charge in [0, 0.05) is 50.9 Å². The van der Waals surface area contributed by atoms with E-state index in [0.717, 1.165) is 0 Å². The molecule has 1 atom stereocenters. The van der Waals surface area contributed by atoms with Crippen LogP contribution >= 0.6 is 0 Å². The van der Waals surface area contributed by atoms with Crippen LogP contribution < -0.4 is 10.6 Å². The minimum Gasteiger partial charge on any atom is -0.466 e. The zero-order valence-corrected chi connectivity index (χ0v) is 18.7. The lowest BCUT2D eigenvalue weighted by Gasteiger charge is -2.23. The Balaban J connectivity index is 1.59. The first kappa shape index (κ1) is 24.1. The van der Waals surface area contributed by atoms with Crippen LogP contribution in [-0.4, -0.2) is 75.7 Å². The summed E-state index contributed by atoms with van der Waals surface area (Å²) in [6.45, 7) is 3.43. The van der Waals surface area contributed by atoms with Crippen molar-refractivity contribution in [2.24, 2.45) is 0 Å². The highest BCUT2D eigenvalue weighted by Crippen LogP contribution is 2.25. The number of hydrogen-bond donors (Lipinski definition) is 2. The van der Waals surface area contributed by atoms with Crippen LogP contribution in [0, 0.1) is 0 Å². The van der Waals surface area contributed by atoms with E-state index in [9.17, 15) is 14.4 Å². The van der Waals surface area contributed by atoms with Crippen LogP contribution in [0.4, 0.5) is 4.79 Å². The Kier molecular flexibility index (Phi) is 9.09. The topological polar surface area (TPSA) is 152 Å². The lowest BCUT2D eigenvalue weighted by atomic mass is 9.99. The van der Waals surface area contributed by atoms with E-state index in [1.54, 1.807) is 30.4 Å². The van der Waals surface area contributed by atoms with E-state index in [-0.39, 0.29) is 43.2 Å². The molecule has 0 radical (unpaired) electrons. The average molecular weight is 460 g/mol. The first-order valence-electron chi connectivity index (χ1n) is 11.1. The Morgan fingerprint density at radius 1 is 1.30 bits per heavy atom. The molecular formula is C21H29N7O5. The highest BCUT2D eigenvalue weighted by Gasteiger charge is 2.23. The summed E-state index contributed by atoms with van der Waals surface area (Å²) in [7, 11) is 0. The molecule has 1 saturated heterocycles. The molecule has 12 nitrogen and oxygen atoms in total. The highest BCUT2D eigenvalue weighted by molar-refractivity contribution is 5.78. The number of esters is 1. The van der Waals surface area contributed by atoms with Crippen molar-refractivity contribution in [3.05, 3.63) is 24.5 Å². The minimum atomic E-state index is -0.363. The Bertz CT molecular complexity index is 921. The molecule has 0 aliphatic carbocycles. The number of nitrogens with one attached hydrogen (secondary N) is 2. The van der Waals surface area contributed by atoms with Gasteiger partial charge in [-0.2, -0.15) is 4.98 Å². The molecule has 0 bridgehead atoms. The molecule has 1 aliphatic rings. The summed E-state index contributed by atoms with van der Waals surface area (Å²) < 4.78 is 10.3. The zero-order chi connectivity index (χ0) is 23.5. The number of rotatable bonds is 6. The van der Waals surface area contributed by atoms with Crippen LogP contribution in [0.1, 0.15) is 50.8 Å². The number of urea groups is 1. The monoisotopic (exact) mass is 459 g/mol. The number of carbonyl (C=O) groups is 3. The fourth-order valence-electron chi connectivity index (χ4n) is 3.48. The van der Waals surface area contributed by atoms with E-state index in [1.165, 1.54) is 0 Å². The molecule has 3 heterocycles. The molecule has 1 fully saturated rings. The first-order valence-corrected chi connectivity index (χ1v) is 11.1. The van der Waals surface area contributed by atoms with Gasteiger partial charge in [-0.25, -0.2) is 9.78 Å². The third-order valence-electron chi connectivity index (χ3n) is 5.19. The van der Waals surface area contributed by atoms with Crippen LogP contribution in [0.2, 0.25) is 0 Å². The molecule has 33 heavy (non-hydrogen) atoms. The van der Waals surface area contributed by atoms with Crippen molar-refractivity contribution in [1.29, 1.82) is 0 Å². The lowest BCUT2D eigenvalue weighted by Crippen LogP contribution is -2.43. The van der Waals surface area contributed by atoms with E-state index in [1.807, 2.05) is 0 Å². The minimum absolute atomic E-state index is 0.0740. The van der Waals surface area contributed by atoms with Gasteiger partial charge >= 0.3 is 12.0 Å². The molecule has 1 unspecified atom stereocenters. The van der Waals surface area contributed by atoms with Crippen LogP contribution in [-0.2, 0) is 14.3 Å². The summed E-state index contributed by atoms with van der Waals surface area (Å²) in [5.74, 6) is 0.257. The van der Waals surface area contributed by atoms with Crippen molar-refractivity contribution < 1.29 is 23.6 Å². The van der Waals surface area contributed by atoms with Crippen LogP contribution in [0.5, 0.6) is 0 Å². The van der Waals surface area contributed by atoms with E-state index in [2.05, 4.69) is 30.7 Å². The second kappa shape index (κ2) is 12.5. The molecule has 0 aromatic carbocycles. The summed E-state index contributed by atoms with van der Waals surface area (Å²) in [5.41, 5.74) is 0.517. The number of amides is 3. The molecule has 2 aromatic heterocycles. The van der Waals surface area contributed by atoms with Crippen molar-refractivity contribution in [1.82, 2.24) is 35.6 Å². The maximum atomic E-state index is 12.6. The Morgan fingerprint density at radius 3 is 2.97 bits per heavy atom. The van der Waals surface area contributed by atoms with Gasteiger partial charge in [-0.3, -0.25) is 14.6 Å². The van der Waals surface area contributed by atoms with Gasteiger partial charge in [-0.1, -0.05) is 5.16 Å². The van der Waals surface area contributed by atoms with Gasteiger partial charge in [0.25, 0.3) is 0 Å². The number of ether oxygens (including phenoxy) is 1. The number of hydrogen-bond acceptors (Lipinski definition) is 9. The van der Waals surface area contributed by atoms with E-state index < -0.39 is 0 Å². The fraction of sp³-hybridized carbons (Fsp3) is 0.571. The molecule has 12 heteroatoms. The maximum absolute atomic E-state index is 12.6. The molecule has 3 amide bonds. The molecule has 178 valence electrons. The van der Waals surface area contributed by atoms with Crippen molar-refractivity contribution in [3.8, 4) is 11.5 Å². The zero-order valence-electron chi connectivity index (χ0n) is 18.7. The summed E-state index contributed by atoms with van der Waals surface area (Å²) >= 11 is 0. The Hall–Kier alpha value is -3.57. The molecule has 1 aliphatic heterocycles. The summed E-state index contributed by atoms with van der Waals surface area (Å²) in [6.07, 6.45) is 7.01. The largest absolute Gasteiger partial charge is 0.466 e. The quantitative estimate of drug-likeness (QED) is 0.608. The molecule has 0 saturated carbocycles. The molecule has 0 spiro atoms. The smallest absolute Gasteiger partial charge is 0.317 e. The van der Waals surface area contributed by atoms with Gasteiger partial charge < -0.3 is 24.8 Å². The Labute approximate surface area is 191 Å². The SMILES string of the molecule is CCOC(=O)CCNC(=O)N1CCCC(c2nc(-c3cnccn3)no2)CCNC(=O)CC1. The highest BCUT2D eigenvalue weighted by atomic mass is 16.5. The standard InChI is InChI=1S/C21H29N7O5/c1-2-32-18(30)6-9-25-21(31)28-12-3-4-15(5-8-24-17(29)7-13-28)20-26-19(27-33-20)16-14-22-10-11-23-16/h10-11,14-15H,2-9,12-13H2,1H3,(H,24,29)(H,25,31). The predicted molar refractivity (Wildman–Crippen MR) is 116 cm³/mol. The van der Waals surface area contributed by atoms with E-state index >= 15 is 0 Å². The van der Waals surface area contributed by atoms with Crippen LogP contribution in [0.15, 0.2) is 23.1 Å².